The molecular formula is C17H16O2. The van der Waals surface area contributed by atoms with Gasteiger partial charge in [-0.05, 0) is 36.1 Å². The Morgan fingerprint density at radius 1 is 0.895 bits per heavy atom. The van der Waals surface area contributed by atoms with E-state index < -0.39 is 0 Å². The minimum absolute atomic E-state index is 0.0646. The van der Waals surface area contributed by atoms with Gasteiger partial charge in [0.2, 0.25) is 0 Å². The maximum Gasteiger partial charge on any atom is 0.150 e. The largest absolute Gasteiger partial charge is 0.508 e. The van der Waals surface area contributed by atoms with Crippen molar-refractivity contribution in [3.8, 4) is 5.75 Å². The van der Waals surface area contributed by atoms with Crippen molar-refractivity contribution < 1.29 is 9.90 Å². The normalized spacial score (nSPS) is 16.6. The molecule has 0 bridgehead atoms. The van der Waals surface area contributed by atoms with Crippen LogP contribution in [0, 0.1) is 0 Å². The van der Waals surface area contributed by atoms with Crippen molar-refractivity contribution >= 4 is 6.29 Å². The van der Waals surface area contributed by atoms with E-state index in [-0.39, 0.29) is 5.41 Å². The first-order chi connectivity index (χ1) is 9.24. The van der Waals surface area contributed by atoms with E-state index in [0.29, 0.717) is 11.3 Å². The van der Waals surface area contributed by atoms with Gasteiger partial charge in [0, 0.05) is 11.0 Å². The number of carbonyl (C=O) groups excluding carboxylic acids is 1. The third kappa shape index (κ3) is 1.93. The van der Waals surface area contributed by atoms with Crippen LogP contribution in [0.5, 0.6) is 5.75 Å². The van der Waals surface area contributed by atoms with Gasteiger partial charge in [-0.2, -0.15) is 0 Å². The number of rotatable bonds is 3. The van der Waals surface area contributed by atoms with Crippen LogP contribution in [0.15, 0.2) is 48.5 Å². The Bertz CT molecular complexity index is 578. The van der Waals surface area contributed by atoms with Crippen LogP contribution < -0.4 is 0 Å². The fraction of sp³-hybridized carbons (Fsp3) is 0.235. The number of hydrogen-bond acceptors (Lipinski definition) is 2. The molecule has 0 unspecified atom stereocenters. The number of hydrogen-bond donors (Lipinski definition) is 1. The Kier molecular flexibility index (Phi) is 2.86. The molecule has 2 aromatic carbocycles. The van der Waals surface area contributed by atoms with Crippen molar-refractivity contribution in [3.63, 3.8) is 0 Å². The number of carbonyl (C=O) groups is 1. The highest BCUT2D eigenvalue weighted by molar-refractivity contribution is 5.74. The van der Waals surface area contributed by atoms with Crippen molar-refractivity contribution in [1.29, 1.82) is 0 Å². The maximum atomic E-state index is 10.7. The summed E-state index contributed by atoms with van der Waals surface area (Å²) in [4.78, 5) is 10.7. The van der Waals surface area contributed by atoms with E-state index in [4.69, 9.17) is 0 Å². The molecule has 2 nitrogen and oxygen atoms in total. The summed E-state index contributed by atoms with van der Waals surface area (Å²) < 4.78 is 0. The van der Waals surface area contributed by atoms with E-state index in [1.807, 2.05) is 24.3 Å². The molecule has 2 aromatic rings. The van der Waals surface area contributed by atoms with Crippen LogP contribution in [0.2, 0.25) is 0 Å². The minimum Gasteiger partial charge on any atom is -0.508 e. The lowest BCUT2D eigenvalue weighted by atomic mass is 9.60. The molecule has 1 aliphatic carbocycles. The molecule has 1 fully saturated rings. The van der Waals surface area contributed by atoms with Crippen molar-refractivity contribution in [1.82, 2.24) is 0 Å². The summed E-state index contributed by atoms with van der Waals surface area (Å²) in [6.07, 6.45) is 4.34. The molecule has 0 heterocycles. The highest BCUT2D eigenvalue weighted by atomic mass is 16.3. The van der Waals surface area contributed by atoms with Crippen LogP contribution in [-0.4, -0.2) is 11.4 Å². The molecule has 1 saturated carbocycles. The fourth-order valence-corrected chi connectivity index (χ4v) is 2.94. The first-order valence-electron chi connectivity index (χ1n) is 6.60. The molecule has 1 aliphatic rings. The molecule has 96 valence electrons. The third-order valence-electron chi connectivity index (χ3n) is 4.23. The minimum atomic E-state index is 0.0646. The summed E-state index contributed by atoms with van der Waals surface area (Å²) >= 11 is 0. The lowest BCUT2D eigenvalue weighted by Gasteiger charge is -2.43. The second-order valence-electron chi connectivity index (χ2n) is 5.22. The molecule has 0 amide bonds. The molecule has 2 heteroatoms. The SMILES string of the molecule is O=Cc1ccc(C2(c3ccc(O)cc3)CCC2)cc1. The zero-order valence-electron chi connectivity index (χ0n) is 10.7. The first-order valence-corrected chi connectivity index (χ1v) is 6.60. The molecule has 0 aliphatic heterocycles. The van der Waals surface area contributed by atoms with Crippen LogP contribution in [-0.2, 0) is 5.41 Å². The number of benzene rings is 2. The second kappa shape index (κ2) is 4.54. The van der Waals surface area contributed by atoms with Gasteiger partial charge in [-0.15, -0.1) is 0 Å². The molecule has 1 N–H and O–H groups in total. The van der Waals surface area contributed by atoms with Crippen molar-refractivity contribution in [2.45, 2.75) is 24.7 Å². The van der Waals surface area contributed by atoms with E-state index >= 15 is 0 Å². The monoisotopic (exact) mass is 252 g/mol. The van der Waals surface area contributed by atoms with Gasteiger partial charge in [0.05, 0.1) is 0 Å². The summed E-state index contributed by atoms with van der Waals surface area (Å²) in [6.45, 7) is 0. The van der Waals surface area contributed by atoms with E-state index in [9.17, 15) is 9.90 Å². The highest BCUT2D eigenvalue weighted by Crippen LogP contribution is 2.49. The molecule has 0 radical (unpaired) electrons. The third-order valence-corrected chi connectivity index (χ3v) is 4.23. The molecule has 0 aromatic heterocycles. The number of aldehydes is 1. The van der Waals surface area contributed by atoms with Crippen LogP contribution in [0.4, 0.5) is 0 Å². The lowest BCUT2D eigenvalue weighted by Crippen LogP contribution is -2.35. The lowest BCUT2D eigenvalue weighted by molar-refractivity contribution is 0.112. The molecule has 0 atom stereocenters. The van der Waals surface area contributed by atoms with E-state index in [1.54, 1.807) is 12.1 Å². The average molecular weight is 252 g/mol. The molecule has 3 rings (SSSR count). The van der Waals surface area contributed by atoms with Crippen molar-refractivity contribution in [2.75, 3.05) is 0 Å². The van der Waals surface area contributed by atoms with Gasteiger partial charge in [0.1, 0.15) is 12.0 Å². The summed E-state index contributed by atoms with van der Waals surface area (Å²) in [5.41, 5.74) is 3.28. The van der Waals surface area contributed by atoms with Crippen LogP contribution in [0.3, 0.4) is 0 Å². The quantitative estimate of drug-likeness (QED) is 0.846. The van der Waals surface area contributed by atoms with E-state index in [2.05, 4.69) is 12.1 Å². The van der Waals surface area contributed by atoms with Gasteiger partial charge in [0.15, 0.2) is 0 Å². The smallest absolute Gasteiger partial charge is 0.150 e. The Hall–Kier alpha value is -2.09. The fourth-order valence-electron chi connectivity index (χ4n) is 2.94. The van der Waals surface area contributed by atoms with Gasteiger partial charge in [-0.1, -0.05) is 42.8 Å². The zero-order chi connectivity index (χ0) is 13.3. The molecule has 0 spiro atoms. The van der Waals surface area contributed by atoms with Gasteiger partial charge < -0.3 is 5.11 Å². The molecule has 0 saturated heterocycles. The van der Waals surface area contributed by atoms with Gasteiger partial charge in [0.25, 0.3) is 0 Å². The maximum absolute atomic E-state index is 10.7. The Morgan fingerprint density at radius 2 is 1.42 bits per heavy atom. The summed E-state index contributed by atoms with van der Waals surface area (Å²) in [7, 11) is 0. The Labute approximate surface area is 112 Å². The van der Waals surface area contributed by atoms with Gasteiger partial charge >= 0.3 is 0 Å². The van der Waals surface area contributed by atoms with Crippen molar-refractivity contribution in [3.05, 3.63) is 65.2 Å². The first kappa shape index (κ1) is 12.0. The van der Waals surface area contributed by atoms with Crippen LogP contribution in [0.25, 0.3) is 0 Å². The number of phenols is 1. The van der Waals surface area contributed by atoms with Gasteiger partial charge in [-0.25, -0.2) is 0 Å². The van der Waals surface area contributed by atoms with Crippen LogP contribution in [0.1, 0.15) is 40.7 Å². The van der Waals surface area contributed by atoms with Gasteiger partial charge in [-0.3, -0.25) is 4.79 Å². The Morgan fingerprint density at radius 3 is 1.84 bits per heavy atom. The second-order valence-corrected chi connectivity index (χ2v) is 5.22. The predicted molar refractivity (Wildman–Crippen MR) is 74.6 cm³/mol. The number of phenolic OH excluding ortho intramolecular Hbond substituents is 1. The van der Waals surface area contributed by atoms with Crippen molar-refractivity contribution in [2.24, 2.45) is 0 Å². The average Bonchev–Trinajstić information content (AvgIpc) is 2.40. The Balaban J connectivity index is 2.02. The number of aromatic hydroxyl groups is 1. The molecular weight excluding hydrogens is 236 g/mol. The topological polar surface area (TPSA) is 37.3 Å². The molecule has 19 heavy (non-hydrogen) atoms. The standard InChI is InChI=1S/C17H16O2/c18-12-13-2-4-14(5-3-13)17(10-1-11-17)15-6-8-16(19)9-7-15/h2-9,12,19H,1,10-11H2. The summed E-state index contributed by atoms with van der Waals surface area (Å²) in [5.74, 6) is 0.300. The van der Waals surface area contributed by atoms with E-state index in [0.717, 1.165) is 19.1 Å². The van der Waals surface area contributed by atoms with E-state index in [1.165, 1.54) is 17.5 Å². The van der Waals surface area contributed by atoms with Crippen LogP contribution >= 0.6 is 0 Å². The summed E-state index contributed by atoms with van der Waals surface area (Å²) in [5, 5.41) is 9.41. The summed E-state index contributed by atoms with van der Waals surface area (Å²) in [6, 6.07) is 15.4. The highest BCUT2D eigenvalue weighted by Gasteiger charge is 2.40. The predicted octanol–water partition coefficient (Wildman–Crippen LogP) is 3.67. The zero-order valence-corrected chi connectivity index (χ0v) is 10.7.